The largest absolute Gasteiger partial charge is 0.409 e. The molecule has 1 heterocycles. The quantitative estimate of drug-likeness (QED) is 0.327. The van der Waals surface area contributed by atoms with E-state index in [0.29, 0.717) is 0 Å². The predicted molar refractivity (Wildman–Crippen MR) is 64.7 cm³/mol. The van der Waals surface area contributed by atoms with Crippen LogP contribution in [0.15, 0.2) is 23.5 Å². The van der Waals surface area contributed by atoms with Gasteiger partial charge in [-0.1, -0.05) is 19.0 Å². The molecule has 0 bridgehead atoms. The highest BCUT2D eigenvalue weighted by Crippen LogP contribution is 2.02. The lowest BCUT2D eigenvalue weighted by molar-refractivity contribution is 0.290. The van der Waals surface area contributed by atoms with Crippen molar-refractivity contribution in [2.45, 2.75) is 20.4 Å². The van der Waals surface area contributed by atoms with Gasteiger partial charge in [0.15, 0.2) is 5.84 Å². The lowest BCUT2D eigenvalue weighted by Gasteiger charge is -2.19. The topological polar surface area (TPSA) is 66.8 Å². The van der Waals surface area contributed by atoms with Crippen LogP contribution in [0.2, 0.25) is 0 Å². The molecule has 0 aromatic carbocycles. The lowest BCUT2D eigenvalue weighted by atomic mass is 10.4. The second-order valence-corrected chi connectivity index (χ2v) is 3.60. The van der Waals surface area contributed by atoms with Crippen molar-refractivity contribution in [3.8, 4) is 0 Å². The van der Waals surface area contributed by atoms with Crippen molar-refractivity contribution in [1.29, 1.82) is 0 Å². The number of hydrogen-bond donors (Lipinski definition) is 2. The van der Waals surface area contributed by atoms with Crippen LogP contribution < -0.4 is 5.73 Å². The molecule has 0 aliphatic carbocycles. The minimum absolute atomic E-state index is 0.157. The fourth-order valence-corrected chi connectivity index (χ4v) is 1.68. The summed E-state index contributed by atoms with van der Waals surface area (Å²) in [6.07, 6.45) is 1.94. The molecule has 0 radical (unpaired) electrons. The molecule has 16 heavy (non-hydrogen) atoms. The third-order valence-electron chi connectivity index (χ3n) is 2.75. The van der Waals surface area contributed by atoms with Crippen LogP contribution in [0.25, 0.3) is 0 Å². The van der Waals surface area contributed by atoms with E-state index in [0.717, 1.165) is 31.9 Å². The molecule has 5 nitrogen and oxygen atoms in total. The maximum Gasteiger partial charge on any atom is 0.186 e. The highest BCUT2D eigenvalue weighted by Gasteiger charge is 2.06. The van der Waals surface area contributed by atoms with Crippen LogP contribution >= 0.6 is 0 Å². The Morgan fingerprint density at radius 3 is 2.75 bits per heavy atom. The molecule has 90 valence electrons. The normalized spacial score (nSPS) is 12.3. The van der Waals surface area contributed by atoms with Gasteiger partial charge in [-0.25, -0.2) is 0 Å². The molecule has 0 aliphatic heterocycles. The summed E-state index contributed by atoms with van der Waals surface area (Å²) >= 11 is 0. The average molecular weight is 224 g/mol. The molecular weight excluding hydrogens is 204 g/mol. The Balaban J connectivity index is 2.64. The molecule has 1 aromatic rings. The monoisotopic (exact) mass is 224 g/mol. The Kier molecular flexibility index (Phi) is 4.85. The minimum Gasteiger partial charge on any atom is -0.409 e. The molecule has 0 spiro atoms. The van der Waals surface area contributed by atoms with Crippen molar-refractivity contribution in [1.82, 2.24) is 9.47 Å². The first-order valence-corrected chi connectivity index (χ1v) is 5.58. The molecule has 0 saturated heterocycles. The molecule has 3 N–H and O–H groups in total. The van der Waals surface area contributed by atoms with Gasteiger partial charge < -0.3 is 20.4 Å². The SMILES string of the molecule is CCN(CC)CCn1cccc1/C(N)=N/O. The Bertz CT molecular complexity index is 342. The Hall–Kier alpha value is -1.49. The lowest BCUT2D eigenvalue weighted by Crippen LogP contribution is -2.28. The molecule has 0 aliphatic rings. The second-order valence-electron chi connectivity index (χ2n) is 3.60. The number of likely N-dealkylation sites (N-methyl/N-ethyl adjacent to an activating group) is 1. The van der Waals surface area contributed by atoms with Crippen LogP contribution in [0.5, 0.6) is 0 Å². The van der Waals surface area contributed by atoms with Gasteiger partial charge in [0.1, 0.15) is 0 Å². The highest BCUT2D eigenvalue weighted by molar-refractivity contribution is 5.95. The van der Waals surface area contributed by atoms with E-state index in [1.807, 2.05) is 22.9 Å². The molecule has 5 heteroatoms. The van der Waals surface area contributed by atoms with Crippen molar-refractivity contribution in [2.24, 2.45) is 10.9 Å². The van der Waals surface area contributed by atoms with Crippen molar-refractivity contribution in [2.75, 3.05) is 19.6 Å². The first kappa shape index (κ1) is 12.6. The molecule has 1 rings (SSSR count). The highest BCUT2D eigenvalue weighted by atomic mass is 16.4. The van der Waals surface area contributed by atoms with E-state index < -0.39 is 0 Å². The van der Waals surface area contributed by atoms with Crippen molar-refractivity contribution < 1.29 is 5.21 Å². The zero-order chi connectivity index (χ0) is 12.0. The van der Waals surface area contributed by atoms with Gasteiger partial charge in [0, 0.05) is 19.3 Å². The van der Waals surface area contributed by atoms with Crippen LogP contribution in [0.3, 0.4) is 0 Å². The third kappa shape index (κ3) is 3.00. The van der Waals surface area contributed by atoms with Gasteiger partial charge in [-0.05, 0) is 25.2 Å². The van der Waals surface area contributed by atoms with Crippen LogP contribution in [0.1, 0.15) is 19.5 Å². The van der Waals surface area contributed by atoms with Crippen LogP contribution in [0, 0.1) is 0 Å². The summed E-state index contributed by atoms with van der Waals surface area (Å²) < 4.78 is 1.99. The first-order chi connectivity index (χ1) is 7.72. The van der Waals surface area contributed by atoms with Crippen LogP contribution in [0.4, 0.5) is 0 Å². The fraction of sp³-hybridized carbons (Fsp3) is 0.545. The molecule has 0 amide bonds. The average Bonchev–Trinajstić information content (AvgIpc) is 2.77. The molecular formula is C11H20N4O. The summed E-state index contributed by atoms with van der Waals surface area (Å²) in [7, 11) is 0. The zero-order valence-corrected chi connectivity index (χ0v) is 9.93. The van der Waals surface area contributed by atoms with Crippen LogP contribution in [-0.4, -0.2) is 40.1 Å². The first-order valence-electron chi connectivity index (χ1n) is 5.58. The number of oxime groups is 1. The number of aromatic nitrogens is 1. The van der Waals surface area contributed by atoms with Gasteiger partial charge >= 0.3 is 0 Å². The number of nitrogens with two attached hydrogens (primary N) is 1. The van der Waals surface area contributed by atoms with E-state index in [4.69, 9.17) is 10.9 Å². The summed E-state index contributed by atoms with van der Waals surface area (Å²) in [5.74, 6) is 0.157. The number of nitrogens with zero attached hydrogens (tertiary/aromatic N) is 3. The second kappa shape index (κ2) is 6.17. The van der Waals surface area contributed by atoms with E-state index >= 15 is 0 Å². The van der Waals surface area contributed by atoms with E-state index in [1.54, 1.807) is 0 Å². The molecule has 0 saturated carbocycles. The molecule has 0 atom stereocenters. The van der Waals surface area contributed by atoms with Gasteiger partial charge in [-0.3, -0.25) is 0 Å². The molecule has 0 fully saturated rings. The fourth-order valence-electron chi connectivity index (χ4n) is 1.68. The van der Waals surface area contributed by atoms with Crippen molar-refractivity contribution in [3.63, 3.8) is 0 Å². The van der Waals surface area contributed by atoms with Gasteiger partial charge in [0.05, 0.1) is 5.69 Å². The number of rotatable bonds is 6. The maximum absolute atomic E-state index is 8.64. The summed E-state index contributed by atoms with van der Waals surface area (Å²) in [5.41, 5.74) is 6.34. The third-order valence-corrected chi connectivity index (χ3v) is 2.75. The van der Waals surface area contributed by atoms with Gasteiger partial charge in [0.2, 0.25) is 0 Å². The minimum atomic E-state index is 0.157. The van der Waals surface area contributed by atoms with Gasteiger partial charge in [-0.15, -0.1) is 0 Å². The van der Waals surface area contributed by atoms with E-state index in [1.165, 1.54) is 0 Å². The summed E-state index contributed by atoms with van der Waals surface area (Å²) in [6, 6.07) is 3.74. The van der Waals surface area contributed by atoms with Gasteiger partial charge in [-0.2, -0.15) is 0 Å². The molecule has 0 unspecified atom stereocenters. The van der Waals surface area contributed by atoms with Crippen LogP contribution in [-0.2, 0) is 6.54 Å². The van der Waals surface area contributed by atoms with Gasteiger partial charge in [0.25, 0.3) is 0 Å². The standard InChI is InChI=1S/C11H20N4O/c1-3-14(4-2)8-9-15-7-5-6-10(15)11(12)13-16/h5-7,16H,3-4,8-9H2,1-2H3,(H2,12,13). The summed E-state index contributed by atoms with van der Waals surface area (Å²) in [5, 5.41) is 11.7. The summed E-state index contributed by atoms with van der Waals surface area (Å²) in [6.45, 7) is 8.17. The Morgan fingerprint density at radius 1 is 1.50 bits per heavy atom. The maximum atomic E-state index is 8.64. The molecule has 1 aromatic heterocycles. The summed E-state index contributed by atoms with van der Waals surface area (Å²) in [4.78, 5) is 2.33. The predicted octanol–water partition coefficient (Wildman–Crippen LogP) is 0.924. The van der Waals surface area contributed by atoms with E-state index in [-0.39, 0.29) is 5.84 Å². The zero-order valence-electron chi connectivity index (χ0n) is 9.93. The van der Waals surface area contributed by atoms with E-state index in [9.17, 15) is 0 Å². The number of amidine groups is 1. The van der Waals surface area contributed by atoms with Crippen molar-refractivity contribution >= 4 is 5.84 Å². The Labute approximate surface area is 96.1 Å². The Morgan fingerprint density at radius 2 is 2.19 bits per heavy atom. The van der Waals surface area contributed by atoms with Crippen molar-refractivity contribution in [3.05, 3.63) is 24.0 Å². The number of hydrogen-bond acceptors (Lipinski definition) is 3. The smallest absolute Gasteiger partial charge is 0.186 e. The van der Waals surface area contributed by atoms with E-state index in [2.05, 4.69) is 23.9 Å².